The summed E-state index contributed by atoms with van der Waals surface area (Å²) in [6.07, 6.45) is 2.71. The van der Waals surface area contributed by atoms with Crippen molar-refractivity contribution < 1.29 is 8.81 Å². The predicted octanol–water partition coefficient (Wildman–Crippen LogP) is 4.04. The summed E-state index contributed by atoms with van der Waals surface area (Å²) in [6.45, 7) is 1.69. The van der Waals surface area contributed by atoms with E-state index in [-0.39, 0.29) is 5.82 Å². The smallest absolute Gasteiger partial charge is 0.226 e. The number of rotatable bonds is 3. The minimum absolute atomic E-state index is 0.286. The van der Waals surface area contributed by atoms with Crippen molar-refractivity contribution in [1.29, 1.82) is 0 Å². The highest BCUT2D eigenvalue weighted by molar-refractivity contribution is 5.58. The van der Waals surface area contributed by atoms with Crippen molar-refractivity contribution in [3.05, 3.63) is 71.9 Å². The number of para-hydroxylation sites is 1. The first-order valence-corrected chi connectivity index (χ1v) is 7.33. The summed E-state index contributed by atoms with van der Waals surface area (Å²) in [5.74, 6) is 0.174. The van der Waals surface area contributed by atoms with Gasteiger partial charge in [-0.1, -0.05) is 24.3 Å². The summed E-state index contributed by atoms with van der Waals surface area (Å²) in [5, 5.41) is 0. The van der Waals surface area contributed by atoms with Crippen LogP contribution in [0.3, 0.4) is 0 Å². The first kappa shape index (κ1) is 13.1. The molecule has 0 N–H and O–H groups in total. The number of fused-ring (bicyclic) bond motifs is 1. The monoisotopic (exact) mass is 294 g/mol. The number of halogens is 1. The van der Waals surface area contributed by atoms with Gasteiger partial charge in [-0.25, -0.2) is 9.37 Å². The van der Waals surface area contributed by atoms with Crippen LogP contribution in [0, 0.1) is 5.82 Å². The van der Waals surface area contributed by atoms with Crippen LogP contribution in [0.15, 0.2) is 59.2 Å². The molecule has 110 valence electrons. The molecule has 0 saturated heterocycles. The molecule has 3 aromatic rings. The predicted molar refractivity (Wildman–Crippen MR) is 83.1 cm³/mol. The Labute approximate surface area is 128 Å². The van der Waals surface area contributed by atoms with E-state index < -0.39 is 0 Å². The van der Waals surface area contributed by atoms with Crippen LogP contribution in [0.25, 0.3) is 11.5 Å². The van der Waals surface area contributed by atoms with E-state index in [0.717, 1.165) is 18.7 Å². The summed E-state index contributed by atoms with van der Waals surface area (Å²) in [7, 11) is 0. The number of nitrogens with zero attached hydrogens (tertiary/aromatic N) is 2. The summed E-state index contributed by atoms with van der Waals surface area (Å²) < 4.78 is 18.8. The fourth-order valence-electron chi connectivity index (χ4n) is 2.90. The lowest BCUT2D eigenvalue weighted by molar-refractivity contribution is 0.570. The molecule has 2 aromatic carbocycles. The minimum Gasteiger partial charge on any atom is -0.444 e. The van der Waals surface area contributed by atoms with Crippen molar-refractivity contribution in [1.82, 2.24) is 4.98 Å². The molecule has 1 aliphatic heterocycles. The molecule has 0 radical (unpaired) electrons. The van der Waals surface area contributed by atoms with Gasteiger partial charge in [-0.2, -0.15) is 0 Å². The molecular formula is C18H15FN2O. The molecule has 1 aliphatic rings. The lowest BCUT2D eigenvalue weighted by Gasteiger charge is -2.17. The lowest BCUT2D eigenvalue weighted by atomic mass is 10.2. The lowest BCUT2D eigenvalue weighted by Crippen LogP contribution is -2.19. The van der Waals surface area contributed by atoms with Crippen molar-refractivity contribution in [3.63, 3.8) is 0 Å². The van der Waals surface area contributed by atoms with E-state index in [0.29, 0.717) is 18.0 Å². The van der Waals surface area contributed by atoms with Gasteiger partial charge in [0.2, 0.25) is 5.89 Å². The summed E-state index contributed by atoms with van der Waals surface area (Å²) >= 11 is 0. The molecule has 22 heavy (non-hydrogen) atoms. The first-order chi connectivity index (χ1) is 10.8. The molecule has 4 rings (SSSR count). The van der Waals surface area contributed by atoms with E-state index in [1.807, 2.05) is 0 Å². The highest BCUT2D eigenvalue weighted by Crippen LogP contribution is 2.29. The van der Waals surface area contributed by atoms with Gasteiger partial charge >= 0.3 is 0 Å². The largest absolute Gasteiger partial charge is 0.444 e. The van der Waals surface area contributed by atoms with E-state index >= 15 is 0 Å². The standard InChI is InChI=1S/C18H15FN2O/c19-15-6-3-5-14(10-15)18-20-16(12-22-18)11-21-9-8-13-4-1-2-7-17(13)21/h1-7,10,12H,8-9,11H2. The second-order valence-corrected chi connectivity index (χ2v) is 5.45. The van der Waals surface area contributed by atoms with Crippen LogP contribution in [-0.2, 0) is 13.0 Å². The zero-order valence-electron chi connectivity index (χ0n) is 12.0. The van der Waals surface area contributed by atoms with Gasteiger partial charge in [0.25, 0.3) is 0 Å². The molecule has 0 aliphatic carbocycles. The van der Waals surface area contributed by atoms with Gasteiger partial charge in [-0.15, -0.1) is 0 Å². The van der Waals surface area contributed by atoms with E-state index in [1.165, 1.54) is 23.4 Å². The average Bonchev–Trinajstić information content (AvgIpc) is 3.16. The topological polar surface area (TPSA) is 29.3 Å². The fraction of sp³-hybridized carbons (Fsp3) is 0.167. The maximum absolute atomic E-state index is 13.3. The second kappa shape index (κ2) is 5.30. The minimum atomic E-state index is -0.286. The number of anilines is 1. The average molecular weight is 294 g/mol. The highest BCUT2D eigenvalue weighted by atomic mass is 19.1. The summed E-state index contributed by atoms with van der Waals surface area (Å²) in [5.41, 5.74) is 4.15. The molecule has 0 bridgehead atoms. The Bertz CT molecular complexity index is 812. The third kappa shape index (κ3) is 2.37. The molecule has 3 nitrogen and oxygen atoms in total. The zero-order valence-corrected chi connectivity index (χ0v) is 12.0. The number of hydrogen-bond donors (Lipinski definition) is 0. The van der Waals surface area contributed by atoms with Crippen molar-refractivity contribution in [3.8, 4) is 11.5 Å². The second-order valence-electron chi connectivity index (χ2n) is 5.45. The third-order valence-electron chi connectivity index (χ3n) is 3.96. The summed E-state index contributed by atoms with van der Waals surface area (Å²) in [6, 6.07) is 14.7. The van der Waals surface area contributed by atoms with Crippen LogP contribution in [0.1, 0.15) is 11.3 Å². The van der Waals surface area contributed by atoms with Gasteiger partial charge < -0.3 is 9.32 Å². The molecule has 0 atom stereocenters. The molecule has 0 saturated carbocycles. The molecule has 0 fully saturated rings. The molecule has 0 unspecified atom stereocenters. The highest BCUT2D eigenvalue weighted by Gasteiger charge is 2.19. The quantitative estimate of drug-likeness (QED) is 0.730. The van der Waals surface area contributed by atoms with Crippen molar-refractivity contribution in [2.45, 2.75) is 13.0 Å². The Morgan fingerprint density at radius 2 is 2.05 bits per heavy atom. The van der Waals surface area contributed by atoms with Crippen LogP contribution in [0.4, 0.5) is 10.1 Å². The van der Waals surface area contributed by atoms with Crippen LogP contribution in [0.5, 0.6) is 0 Å². The van der Waals surface area contributed by atoms with Crippen LogP contribution in [-0.4, -0.2) is 11.5 Å². The number of oxazole rings is 1. The van der Waals surface area contributed by atoms with Crippen LogP contribution < -0.4 is 4.90 Å². The van der Waals surface area contributed by atoms with Crippen molar-refractivity contribution >= 4 is 5.69 Å². The molecule has 0 amide bonds. The van der Waals surface area contributed by atoms with Gasteiger partial charge in [0.15, 0.2) is 0 Å². The fourth-order valence-corrected chi connectivity index (χ4v) is 2.90. The van der Waals surface area contributed by atoms with Gasteiger partial charge in [0, 0.05) is 17.8 Å². The number of hydrogen-bond acceptors (Lipinski definition) is 3. The Kier molecular flexibility index (Phi) is 3.15. The number of aromatic nitrogens is 1. The maximum Gasteiger partial charge on any atom is 0.226 e. The van der Waals surface area contributed by atoms with E-state index in [2.05, 4.69) is 34.1 Å². The zero-order chi connectivity index (χ0) is 14.9. The third-order valence-corrected chi connectivity index (χ3v) is 3.96. The molecule has 4 heteroatoms. The van der Waals surface area contributed by atoms with Gasteiger partial charge in [0.05, 0.1) is 12.2 Å². The Morgan fingerprint density at radius 1 is 1.14 bits per heavy atom. The van der Waals surface area contributed by atoms with E-state index in [1.54, 1.807) is 18.4 Å². The van der Waals surface area contributed by atoms with Gasteiger partial charge in [-0.05, 0) is 36.2 Å². The molecule has 1 aromatic heterocycles. The van der Waals surface area contributed by atoms with Crippen LogP contribution in [0.2, 0.25) is 0 Å². The Hall–Kier alpha value is -2.62. The van der Waals surface area contributed by atoms with Crippen molar-refractivity contribution in [2.24, 2.45) is 0 Å². The molecule has 2 heterocycles. The summed E-state index contributed by atoms with van der Waals surface area (Å²) in [4.78, 5) is 6.78. The van der Waals surface area contributed by atoms with E-state index in [9.17, 15) is 4.39 Å². The molecular weight excluding hydrogens is 279 g/mol. The van der Waals surface area contributed by atoms with Crippen LogP contribution >= 0.6 is 0 Å². The Balaban J connectivity index is 1.56. The number of benzene rings is 2. The SMILES string of the molecule is Fc1cccc(-c2nc(CN3CCc4ccccc43)co2)c1. The van der Waals surface area contributed by atoms with E-state index in [4.69, 9.17) is 4.42 Å². The molecule has 0 spiro atoms. The van der Waals surface area contributed by atoms with Gasteiger partial charge in [-0.3, -0.25) is 0 Å². The first-order valence-electron chi connectivity index (χ1n) is 7.33. The maximum atomic E-state index is 13.3. The Morgan fingerprint density at radius 3 is 2.95 bits per heavy atom. The normalized spacial score (nSPS) is 13.4. The van der Waals surface area contributed by atoms with Crippen molar-refractivity contribution in [2.75, 3.05) is 11.4 Å². The van der Waals surface area contributed by atoms with Gasteiger partial charge in [0.1, 0.15) is 12.1 Å².